The molecule has 26 heavy (non-hydrogen) atoms. The lowest BCUT2D eigenvalue weighted by atomic mass is 9.77. The molecule has 1 saturated heterocycles. The number of oxime groups is 1. The van der Waals surface area contributed by atoms with Gasteiger partial charge in [0.25, 0.3) is 0 Å². The van der Waals surface area contributed by atoms with E-state index in [2.05, 4.69) is 59.0 Å². The van der Waals surface area contributed by atoms with Crippen molar-refractivity contribution in [2.75, 3.05) is 0 Å². The number of hydrogen-bond donors (Lipinski definition) is 2. The Morgan fingerprint density at radius 1 is 0.692 bits per heavy atom. The average molecular weight is 342 g/mol. The minimum absolute atomic E-state index is 0.00330. The van der Waals surface area contributed by atoms with Crippen LogP contribution < -0.4 is 5.32 Å². The molecule has 1 aliphatic rings. The maximum absolute atomic E-state index is 9.81. The molecule has 1 aliphatic heterocycles. The van der Waals surface area contributed by atoms with E-state index in [-0.39, 0.29) is 18.0 Å². The van der Waals surface area contributed by atoms with E-state index in [4.69, 9.17) is 0 Å². The van der Waals surface area contributed by atoms with Crippen LogP contribution in [0.2, 0.25) is 0 Å². The van der Waals surface area contributed by atoms with Crippen LogP contribution in [0, 0.1) is 0 Å². The Kier molecular flexibility index (Phi) is 4.80. The molecule has 0 radical (unpaired) electrons. The van der Waals surface area contributed by atoms with Gasteiger partial charge in [-0.25, -0.2) is 0 Å². The van der Waals surface area contributed by atoms with Crippen molar-refractivity contribution in [2.45, 2.75) is 24.4 Å². The van der Waals surface area contributed by atoms with Crippen molar-refractivity contribution in [2.24, 2.45) is 5.16 Å². The molecule has 0 bridgehead atoms. The number of nitrogens with zero attached hydrogens (tertiary/aromatic N) is 1. The average Bonchev–Trinajstić information content (AvgIpc) is 2.74. The molecule has 3 heteroatoms. The Balaban J connectivity index is 1.78. The number of benzene rings is 3. The Bertz CT molecular complexity index is 862. The van der Waals surface area contributed by atoms with Gasteiger partial charge in [-0.3, -0.25) is 0 Å². The molecule has 0 spiro atoms. The van der Waals surface area contributed by atoms with Crippen LogP contribution in [0.15, 0.2) is 96.2 Å². The maximum atomic E-state index is 9.81. The molecular weight excluding hydrogens is 320 g/mol. The van der Waals surface area contributed by atoms with Crippen molar-refractivity contribution in [1.82, 2.24) is 5.32 Å². The topological polar surface area (TPSA) is 44.6 Å². The summed E-state index contributed by atoms with van der Waals surface area (Å²) in [5.41, 5.74) is 4.38. The summed E-state index contributed by atoms with van der Waals surface area (Å²) in [5.74, 6) is 0.00330. The summed E-state index contributed by atoms with van der Waals surface area (Å²) in [6.07, 6.45) is 0.684. The Morgan fingerprint density at radius 3 is 1.73 bits per heavy atom. The highest BCUT2D eigenvalue weighted by atomic mass is 16.4. The zero-order valence-electron chi connectivity index (χ0n) is 14.5. The summed E-state index contributed by atoms with van der Waals surface area (Å²) in [4.78, 5) is 0. The highest BCUT2D eigenvalue weighted by molar-refractivity contribution is 5.93. The molecule has 0 amide bonds. The minimum Gasteiger partial charge on any atom is -0.411 e. The summed E-state index contributed by atoms with van der Waals surface area (Å²) < 4.78 is 0. The predicted molar refractivity (Wildman–Crippen MR) is 105 cm³/mol. The lowest BCUT2D eigenvalue weighted by Crippen LogP contribution is -2.41. The number of nitrogens with one attached hydrogen (secondary N) is 1. The van der Waals surface area contributed by atoms with Crippen LogP contribution in [0.25, 0.3) is 0 Å². The van der Waals surface area contributed by atoms with Crippen molar-refractivity contribution in [3.8, 4) is 0 Å². The van der Waals surface area contributed by atoms with Gasteiger partial charge < -0.3 is 10.5 Å². The normalized spacial score (nSPS) is 24.5. The molecule has 0 aliphatic carbocycles. The molecule has 3 nitrogen and oxygen atoms in total. The van der Waals surface area contributed by atoms with Crippen LogP contribution in [0.1, 0.15) is 41.1 Å². The van der Waals surface area contributed by atoms with Gasteiger partial charge in [-0.15, -0.1) is 0 Å². The minimum atomic E-state index is 0.00330. The summed E-state index contributed by atoms with van der Waals surface area (Å²) in [5, 5.41) is 17.4. The van der Waals surface area contributed by atoms with Gasteiger partial charge in [0.1, 0.15) is 0 Å². The first-order valence-electron chi connectivity index (χ1n) is 8.98. The van der Waals surface area contributed by atoms with Crippen LogP contribution in [0.3, 0.4) is 0 Å². The summed E-state index contributed by atoms with van der Waals surface area (Å²) in [7, 11) is 0. The molecule has 130 valence electrons. The van der Waals surface area contributed by atoms with Gasteiger partial charge in [0.2, 0.25) is 0 Å². The van der Waals surface area contributed by atoms with Gasteiger partial charge in [0, 0.05) is 24.4 Å². The van der Waals surface area contributed by atoms with E-state index in [0.717, 1.165) is 11.3 Å². The van der Waals surface area contributed by atoms with E-state index < -0.39 is 0 Å². The van der Waals surface area contributed by atoms with Crippen molar-refractivity contribution >= 4 is 5.71 Å². The Labute approximate surface area is 154 Å². The molecule has 2 N–H and O–H groups in total. The molecule has 3 aromatic rings. The quantitative estimate of drug-likeness (QED) is 0.515. The molecule has 0 saturated carbocycles. The van der Waals surface area contributed by atoms with Gasteiger partial charge >= 0.3 is 0 Å². The lowest BCUT2D eigenvalue weighted by Gasteiger charge is -2.39. The second kappa shape index (κ2) is 7.54. The highest BCUT2D eigenvalue weighted by Crippen LogP contribution is 2.41. The van der Waals surface area contributed by atoms with E-state index >= 15 is 0 Å². The summed E-state index contributed by atoms with van der Waals surface area (Å²) >= 11 is 0. The first-order valence-corrected chi connectivity index (χ1v) is 8.98. The monoisotopic (exact) mass is 342 g/mol. The first-order chi connectivity index (χ1) is 12.9. The van der Waals surface area contributed by atoms with Crippen LogP contribution in [0.4, 0.5) is 0 Å². The molecular formula is C23H22N2O. The van der Waals surface area contributed by atoms with Gasteiger partial charge in [-0.05, 0) is 16.7 Å². The van der Waals surface area contributed by atoms with Crippen molar-refractivity contribution < 1.29 is 5.21 Å². The van der Waals surface area contributed by atoms with Crippen molar-refractivity contribution in [3.05, 3.63) is 108 Å². The lowest BCUT2D eigenvalue weighted by molar-refractivity contribution is 0.302. The third-order valence-corrected chi connectivity index (χ3v) is 5.13. The largest absolute Gasteiger partial charge is 0.411 e. The van der Waals surface area contributed by atoms with E-state index in [1.807, 2.05) is 42.5 Å². The van der Waals surface area contributed by atoms with Gasteiger partial charge in [-0.2, -0.15) is 0 Å². The van der Waals surface area contributed by atoms with Crippen LogP contribution in [-0.4, -0.2) is 10.9 Å². The fourth-order valence-electron chi connectivity index (χ4n) is 3.90. The number of rotatable bonds is 3. The molecule has 1 heterocycles. The smallest absolute Gasteiger partial charge is 0.0683 e. The van der Waals surface area contributed by atoms with Crippen LogP contribution in [0.5, 0.6) is 0 Å². The third-order valence-electron chi connectivity index (χ3n) is 5.13. The zero-order chi connectivity index (χ0) is 17.8. The Morgan fingerprint density at radius 2 is 1.19 bits per heavy atom. The SMILES string of the molecule is ON=C1C[C@@H](c2ccccc2)N[C@@H](c2ccccc2)[C@@H]1c1ccccc1. The fraction of sp³-hybridized carbons (Fsp3) is 0.174. The van der Waals surface area contributed by atoms with Gasteiger partial charge in [0.15, 0.2) is 0 Å². The Hall–Kier alpha value is -2.91. The third kappa shape index (κ3) is 3.26. The van der Waals surface area contributed by atoms with Gasteiger partial charge in [0.05, 0.1) is 5.71 Å². The first kappa shape index (κ1) is 16.6. The molecule has 0 unspecified atom stereocenters. The molecule has 0 aromatic heterocycles. The van der Waals surface area contributed by atoms with E-state index in [1.165, 1.54) is 11.1 Å². The van der Waals surface area contributed by atoms with Gasteiger partial charge in [-0.1, -0.05) is 96.2 Å². The summed E-state index contributed by atoms with van der Waals surface area (Å²) in [6, 6.07) is 31.2. The summed E-state index contributed by atoms with van der Waals surface area (Å²) in [6.45, 7) is 0. The molecule has 3 atom stereocenters. The highest BCUT2D eigenvalue weighted by Gasteiger charge is 2.37. The van der Waals surface area contributed by atoms with Crippen LogP contribution in [-0.2, 0) is 0 Å². The molecule has 4 rings (SSSR count). The zero-order valence-corrected chi connectivity index (χ0v) is 14.5. The van der Waals surface area contributed by atoms with E-state index in [0.29, 0.717) is 6.42 Å². The number of hydrogen-bond acceptors (Lipinski definition) is 3. The maximum Gasteiger partial charge on any atom is 0.0683 e. The van der Waals surface area contributed by atoms with Crippen molar-refractivity contribution in [1.29, 1.82) is 0 Å². The molecule has 3 aromatic carbocycles. The van der Waals surface area contributed by atoms with Crippen LogP contribution >= 0.6 is 0 Å². The van der Waals surface area contributed by atoms with Crippen molar-refractivity contribution in [3.63, 3.8) is 0 Å². The second-order valence-corrected chi connectivity index (χ2v) is 6.70. The van der Waals surface area contributed by atoms with E-state index in [1.54, 1.807) is 0 Å². The number of piperidine rings is 1. The van der Waals surface area contributed by atoms with E-state index in [9.17, 15) is 5.21 Å². The molecule has 1 fully saturated rings. The predicted octanol–water partition coefficient (Wildman–Crippen LogP) is 5.08. The fourth-order valence-corrected chi connectivity index (χ4v) is 3.90. The second-order valence-electron chi connectivity index (χ2n) is 6.70. The standard InChI is InChI=1S/C23H22N2O/c26-25-21-16-20(17-10-4-1-5-11-17)24-23(19-14-8-3-9-15-19)22(21)18-12-6-2-7-13-18/h1-15,20,22-24,26H,16H2/t20-,22+,23-/m0/s1.